The third-order valence-electron chi connectivity index (χ3n) is 11.1. The molecule has 4 heterocycles. The lowest BCUT2D eigenvalue weighted by molar-refractivity contribution is 0.668. The van der Waals surface area contributed by atoms with Gasteiger partial charge < -0.3 is 13.4 Å². The van der Waals surface area contributed by atoms with Crippen molar-refractivity contribution in [3.8, 4) is 51.0 Å². The van der Waals surface area contributed by atoms with Crippen LogP contribution in [0.2, 0.25) is 0 Å². The number of aromatic nitrogens is 4. The van der Waals surface area contributed by atoms with Gasteiger partial charge in [0, 0.05) is 38.1 Å². The third-order valence-corrected chi connectivity index (χ3v) is 11.1. The van der Waals surface area contributed by atoms with Crippen LogP contribution >= 0.6 is 0 Å². The first-order chi connectivity index (χ1) is 28.3. The molecule has 57 heavy (non-hydrogen) atoms. The molecule has 4 aromatic heterocycles. The van der Waals surface area contributed by atoms with E-state index in [-0.39, 0.29) is 0 Å². The van der Waals surface area contributed by atoms with Gasteiger partial charge in [-0.2, -0.15) is 0 Å². The molecule has 0 spiro atoms. The zero-order chi connectivity index (χ0) is 37.5. The van der Waals surface area contributed by atoms with Gasteiger partial charge in [-0.25, -0.2) is 15.0 Å². The zero-order valence-electron chi connectivity index (χ0n) is 30.4. The smallest absolute Gasteiger partial charge is 0.167 e. The normalized spacial score (nSPS) is 11.9. The number of para-hydroxylation sites is 4. The number of fused-ring (bicyclic) bond motifs is 9. The lowest BCUT2D eigenvalue weighted by atomic mass is 10.0. The highest BCUT2D eigenvalue weighted by Gasteiger charge is 2.23. The van der Waals surface area contributed by atoms with Crippen LogP contribution in [0.15, 0.2) is 191 Å². The van der Waals surface area contributed by atoms with Crippen LogP contribution in [0.1, 0.15) is 0 Å². The summed E-state index contributed by atoms with van der Waals surface area (Å²) in [5, 5.41) is 6.40. The molecule has 0 fully saturated rings. The topological polar surface area (TPSA) is 69.9 Å². The Balaban J connectivity index is 1.16. The van der Waals surface area contributed by atoms with Crippen molar-refractivity contribution in [2.24, 2.45) is 0 Å². The van der Waals surface area contributed by atoms with E-state index >= 15 is 0 Å². The largest absolute Gasteiger partial charge is 0.456 e. The Morgan fingerprint density at radius 2 is 0.982 bits per heavy atom. The van der Waals surface area contributed by atoms with Crippen LogP contribution in [0.25, 0.3) is 117 Å². The van der Waals surface area contributed by atoms with E-state index in [1.54, 1.807) is 0 Å². The van der Waals surface area contributed by atoms with E-state index in [0.29, 0.717) is 17.5 Å². The van der Waals surface area contributed by atoms with Crippen LogP contribution in [-0.4, -0.2) is 19.5 Å². The Bertz CT molecular complexity index is 3530. The molecule has 6 nitrogen and oxygen atoms in total. The average Bonchev–Trinajstić information content (AvgIpc) is 3.96. The quantitative estimate of drug-likeness (QED) is 0.176. The Morgan fingerprint density at radius 3 is 1.82 bits per heavy atom. The Labute approximate surface area is 325 Å². The summed E-state index contributed by atoms with van der Waals surface area (Å²) < 4.78 is 15.4. The molecule has 0 bridgehead atoms. The molecule has 0 atom stereocenters. The SMILES string of the molecule is c1ccc(-c2ccc3oc4cccc(-n5c6ccccc6c6cccc(-c7nc(-c8ccccc8)nc(-c8cccc9c8oc8ccccc89)n7)c65)c4c3c2)cc1. The van der Waals surface area contributed by atoms with Crippen molar-refractivity contribution < 1.29 is 8.83 Å². The first kappa shape index (κ1) is 31.5. The van der Waals surface area contributed by atoms with Gasteiger partial charge in [-0.15, -0.1) is 0 Å². The predicted molar refractivity (Wildman–Crippen MR) is 230 cm³/mol. The first-order valence-electron chi connectivity index (χ1n) is 19.0. The molecule has 12 rings (SSSR count). The molecule has 0 aliphatic rings. The summed E-state index contributed by atoms with van der Waals surface area (Å²) in [5.74, 6) is 1.69. The van der Waals surface area contributed by atoms with Gasteiger partial charge in [-0.05, 0) is 59.7 Å². The van der Waals surface area contributed by atoms with Gasteiger partial charge in [0.2, 0.25) is 0 Å². The van der Waals surface area contributed by atoms with Gasteiger partial charge >= 0.3 is 0 Å². The number of rotatable bonds is 5. The molecule has 0 amide bonds. The Morgan fingerprint density at radius 1 is 0.368 bits per heavy atom. The highest BCUT2D eigenvalue weighted by molar-refractivity contribution is 6.17. The zero-order valence-corrected chi connectivity index (χ0v) is 30.4. The summed E-state index contributed by atoms with van der Waals surface area (Å²) in [6.45, 7) is 0. The molecular formula is C51H30N4O2. The van der Waals surface area contributed by atoms with Crippen molar-refractivity contribution in [2.75, 3.05) is 0 Å². The monoisotopic (exact) mass is 730 g/mol. The number of hydrogen-bond acceptors (Lipinski definition) is 5. The molecule has 0 saturated heterocycles. The minimum Gasteiger partial charge on any atom is -0.456 e. The highest BCUT2D eigenvalue weighted by Crippen LogP contribution is 2.43. The second-order valence-corrected chi connectivity index (χ2v) is 14.3. The van der Waals surface area contributed by atoms with E-state index in [1.807, 2.05) is 66.7 Å². The van der Waals surface area contributed by atoms with Crippen LogP contribution in [0.3, 0.4) is 0 Å². The van der Waals surface area contributed by atoms with Crippen LogP contribution < -0.4 is 0 Å². The van der Waals surface area contributed by atoms with Gasteiger partial charge in [0.05, 0.1) is 27.7 Å². The molecule has 0 saturated carbocycles. The Kier molecular flexibility index (Phi) is 6.83. The molecule has 0 unspecified atom stereocenters. The van der Waals surface area contributed by atoms with Gasteiger partial charge in [-0.3, -0.25) is 0 Å². The number of hydrogen-bond donors (Lipinski definition) is 0. The molecular weight excluding hydrogens is 701 g/mol. The van der Waals surface area contributed by atoms with E-state index < -0.39 is 0 Å². The van der Waals surface area contributed by atoms with Crippen molar-refractivity contribution in [2.45, 2.75) is 0 Å². The molecule has 266 valence electrons. The molecule has 0 radical (unpaired) electrons. The first-order valence-corrected chi connectivity index (χ1v) is 19.0. The van der Waals surface area contributed by atoms with Gasteiger partial charge in [0.1, 0.15) is 22.3 Å². The van der Waals surface area contributed by atoms with Gasteiger partial charge in [0.25, 0.3) is 0 Å². The number of benzene rings is 8. The van der Waals surface area contributed by atoms with Crippen LogP contribution in [0.4, 0.5) is 0 Å². The number of nitrogens with zero attached hydrogens (tertiary/aromatic N) is 4. The summed E-state index contributed by atoms with van der Waals surface area (Å²) in [6.07, 6.45) is 0. The van der Waals surface area contributed by atoms with Crippen molar-refractivity contribution in [3.05, 3.63) is 182 Å². The summed E-state index contributed by atoms with van der Waals surface area (Å²) in [4.78, 5) is 15.7. The van der Waals surface area contributed by atoms with Gasteiger partial charge in [-0.1, -0.05) is 133 Å². The van der Waals surface area contributed by atoms with Crippen molar-refractivity contribution in [3.63, 3.8) is 0 Å². The number of furan rings is 2. The Hall–Kier alpha value is -7.83. The van der Waals surface area contributed by atoms with Crippen molar-refractivity contribution in [1.29, 1.82) is 0 Å². The maximum atomic E-state index is 6.55. The average molecular weight is 731 g/mol. The second kappa shape index (κ2) is 12.3. The van der Waals surface area contributed by atoms with Gasteiger partial charge in [0.15, 0.2) is 17.5 Å². The van der Waals surface area contributed by atoms with Crippen molar-refractivity contribution >= 4 is 65.7 Å². The van der Waals surface area contributed by atoms with Crippen LogP contribution in [0.5, 0.6) is 0 Å². The predicted octanol–water partition coefficient (Wildman–Crippen LogP) is 13.4. The summed E-state index contributed by atoms with van der Waals surface area (Å²) in [6, 6.07) is 62.6. The summed E-state index contributed by atoms with van der Waals surface area (Å²) in [7, 11) is 0. The van der Waals surface area contributed by atoms with E-state index in [4.69, 9.17) is 23.8 Å². The molecule has 0 aliphatic carbocycles. The summed E-state index contributed by atoms with van der Waals surface area (Å²) in [5.41, 5.74) is 11.2. The van der Waals surface area contributed by atoms with E-state index in [0.717, 1.165) is 99.2 Å². The van der Waals surface area contributed by atoms with E-state index in [2.05, 4.69) is 120 Å². The van der Waals surface area contributed by atoms with Crippen LogP contribution in [0, 0.1) is 0 Å². The fourth-order valence-electron chi connectivity index (χ4n) is 8.51. The minimum absolute atomic E-state index is 0.541. The fourth-order valence-corrected chi connectivity index (χ4v) is 8.51. The van der Waals surface area contributed by atoms with Crippen LogP contribution in [-0.2, 0) is 0 Å². The standard InChI is InChI=1S/C51H30N4O2/c1-3-14-31(15-4-1)33-28-29-44-40(30-33)46-42(25-13-27-45(46)56-44)55-41-24-9-7-18-34(41)36-20-11-22-38(47(36)55)50-52-49(32-16-5-2-6-17-32)53-51(54-50)39-23-12-21-37-35-19-8-10-26-43(35)57-48(37)39/h1-30H. The lowest BCUT2D eigenvalue weighted by Gasteiger charge is -2.13. The summed E-state index contributed by atoms with van der Waals surface area (Å²) >= 11 is 0. The maximum Gasteiger partial charge on any atom is 0.167 e. The minimum atomic E-state index is 0.541. The lowest BCUT2D eigenvalue weighted by Crippen LogP contribution is -2.02. The van der Waals surface area contributed by atoms with Crippen molar-refractivity contribution in [1.82, 2.24) is 19.5 Å². The molecule has 0 aliphatic heterocycles. The highest BCUT2D eigenvalue weighted by atomic mass is 16.3. The third kappa shape index (κ3) is 4.87. The molecule has 0 N–H and O–H groups in total. The maximum absolute atomic E-state index is 6.55. The van der Waals surface area contributed by atoms with E-state index in [9.17, 15) is 0 Å². The second-order valence-electron chi connectivity index (χ2n) is 14.3. The molecule has 8 aromatic carbocycles. The fraction of sp³-hybridized carbons (Fsp3) is 0. The van der Waals surface area contributed by atoms with E-state index in [1.165, 1.54) is 0 Å². The molecule has 12 aromatic rings. The molecule has 6 heteroatoms.